The molecule has 0 unspecified atom stereocenters. The summed E-state index contributed by atoms with van der Waals surface area (Å²) in [4.78, 5) is 39.3. The van der Waals surface area contributed by atoms with Crippen molar-refractivity contribution >= 4 is 52.2 Å². The highest BCUT2D eigenvalue weighted by atomic mass is 32.2. The molecule has 0 radical (unpaired) electrons. The zero-order valence-electron chi connectivity index (χ0n) is 13.9. The van der Waals surface area contributed by atoms with Gasteiger partial charge in [-0.15, -0.1) is 0 Å². The minimum Gasteiger partial charge on any atom is -0.548 e. The minimum absolute atomic E-state index is 0.0181. The summed E-state index contributed by atoms with van der Waals surface area (Å²) in [6.07, 6.45) is 5.07. The number of carbonyl (C=O) groups is 3. The number of hydrogen-bond acceptors (Lipinski definition) is 7. The van der Waals surface area contributed by atoms with Crippen LogP contribution in [0.5, 0.6) is 0 Å². The van der Waals surface area contributed by atoms with Gasteiger partial charge in [-0.2, -0.15) is 0 Å². The van der Waals surface area contributed by atoms with Crippen LogP contribution in [-0.2, 0) is 14.4 Å². The fraction of sp³-hybridized carbons (Fsp3) is 0.412. The van der Waals surface area contributed by atoms with E-state index >= 15 is 0 Å². The molecule has 1 aromatic rings. The Morgan fingerprint density at radius 3 is 2.92 bits per heavy atom. The van der Waals surface area contributed by atoms with Gasteiger partial charge in [-0.1, -0.05) is 24.0 Å². The summed E-state index contributed by atoms with van der Waals surface area (Å²) in [5, 5.41) is 11.2. The smallest absolute Gasteiger partial charge is 0.266 e. The maximum absolute atomic E-state index is 12.5. The molecule has 2 aliphatic rings. The Bertz CT molecular complexity index is 759. The number of carbonyl (C=O) groups excluding carboxylic acids is 3. The van der Waals surface area contributed by atoms with Crippen molar-refractivity contribution in [1.82, 2.24) is 9.80 Å². The molecule has 0 spiro atoms. The largest absolute Gasteiger partial charge is 0.548 e. The van der Waals surface area contributed by atoms with Gasteiger partial charge in [0.15, 0.2) is 0 Å². The summed E-state index contributed by atoms with van der Waals surface area (Å²) in [7, 11) is 0. The van der Waals surface area contributed by atoms with Crippen LogP contribution in [0.2, 0.25) is 0 Å². The summed E-state index contributed by atoms with van der Waals surface area (Å²) in [6.45, 7) is 0.517. The third-order valence-corrected chi connectivity index (χ3v) is 5.71. The fourth-order valence-electron chi connectivity index (χ4n) is 3.02. The second kappa shape index (κ2) is 8.05. The predicted molar refractivity (Wildman–Crippen MR) is 97.6 cm³/mol. The van der Waals surface area contributed by atoms with Gasteiger partial charge in [0.25, 0.3) is 5.91 Å². The molecule has 7 nitrogen and oxygen atoms in total. The van der Waals surface area contributed by atoms with Gasteiger partial charge in [0, 0.05) is 25.6 Å². The van der Waals surface area contributed by atoms with Crippen molar-refractivity contribution < 1.29 is 23.9 Å². The van der Waals surface area contributed by atoms with Crippen molar-refractivity contribution in [2.24, 2.45) is 0 Å². The number of thiocarbonyl (C=S) groups is 1. The van der Waals surface area contributed by atoms with Crippen LogP contribution in [0.25, 0.3) is 6.08 Å². The van der Waals surface area contributed by atoms with E-state index in [9.17, 15) is 19.5 Å². The molecule has 0 saturated carbocycles. The monoisotopic (exact) mass is 393 g/mol. The molecule has 1 atom stereocenters. The molecule has 2 amide bonds. The zero-order valence-corrected chi connectivity index (χ0v) is 15.5. The molecular formula is C17H17N2O5S2-. The Balaban J connectivity index is 1.62. The first-order chi connectivity index (χ1) is 12.5. The molecule has 3 heterocycles. The van der Waals surface area contributed by atoms with Crippen molar-refractivity contribution in [2.75, 3.05) is 13.1 Å². The first-order valence-electron chi connectivity index (χ1n) is 8.26. The van der Waals surface area contributed by atoms with E-state index in [4.69, 9.17) is 16.6 Å². The Labute approximate surface area is 160 Å². The molecule has 9 heteroatoms. The molecule has 138 valence electrons. The molecule has 2 fully saturated rings. The van der Waals surface area contributed by atoms with E-state index < -0.39 is 12.0 Å². The molecule has 2 saturated heterocycles. The summed E-state index contributed by atoms with van der Waals surface area (Å²) in [5.74, 6) is -1.26. The summed E-state index contributed by atoms with van der Waals surface area (Å²) >= 11 is 6.38. The summed E-state index contributed by atoms with van der Waals surface area (Å²) in [5.41, 5.74) is 0. The fourth-order valence-corrected chi connectivity index (χ4v) is 4.31. The van der Waals surface area contributed by atoms with Crippen LogP contribution < -0.4 is 5.11 Å². The van der Waals surface area contributed by atoms with E-state index in [2.05, 4.69) is 0 Å². The van der Waals surface area contributed by atoms with Gasteiger partial charge in [0.1, 0.15) is 10.1 Å². The number of rotatable bonds is 5. The average Bonchev–Trinajstić information content (AvgIpc) is 3.22. The zero-order chi connectivity index (χ0) is 18.7. The molecule has 0 aliphatic carbocycles. The molecule has 2 aliphatic heterocycles. The highest BCUT2D eigenvalue weighted by Crippen LogP contribution is 2.32. The van der Waals surface area contributed by atoms with Crippen molar-refractivity contribution in [2.45, 2.75) is 31.7 Å². The van der Waals surface area contributed by atoms with E-state index in [1.54, 1.807) is 18.2 Å². The number of furan rings is 1. The highest BCUT2D eigenvalue weighted by molar-refractivity contribution is 8.26. The lowest BCUT2D eigenvalue weighted by Crippen LogP contribution is -2.53. The first-order valence-corrected chi connectivity index (χ1v) is 9.49. The quantitative estimate of drug-likeness (QED) is 0.544. The highest BCUT2D eigenvalue weighted by Gasteiger charge is 2.34. The van der Waals surface area contributed by atoms with Gasteiger partial charge < -0.3 is 19.2 Å². The Morgan fingerprint density at radius 2 is 2.23 bits per heavy atom. The second-order valence-corrected chi connectivity index (χ2v) is 7.69. The van der Waals surface area contributed by atoms with Gasteiger partial charge in [0.2, 0.25) is 5.91 Å². The van der Waals surface area contributed by atoms with Crippen LogP contribution in [0.15, 0.2) is 27.7 Å². The van der Waals surface area contributed by atoms with Crippen molar-refractivity contribution in [1.29, 1.82) is 0 Å². The van der Waals surface area contributed by atoms with Gasteiger partial charge in [-0.25, -0.2) is 0 Å². The number of amides is 2. The molecule has 0 aromatic carbocycles. The molecule has 0 bridgehead atoms. The lowest BCUT2D eigenvalue weighted by Gasteiger charge is -2.36. The second-order valence-electron chi connectivity index (χ2n) is 6.02. The molecule has 1 aromatic heterocycles. The third-order valence-electron chi connectivity index (χ3n) is 4.33. The lowest BCUT2D eigenvalue weighted by molar-refractivity contribution is -0.312. The van der Waals surface area contributed by atoms with E-state index in [-0.39, 0.29) is 24.8 Å². The number of thioether (sulfide) groups is 1. The SMILES string of the molecule is O=C([O-])[C@H]1CCCCN1C(=O)CCN1C(=O)/C(=C/c2ccco2)SC1=S. The molecule has 26 heavy (non-hydrogen) atoms. The van der Waals surface area contributed by atoms with Crippen LogP contribution in [0.3, 0.4) is 0 Å². The first kappa shape index (κ1) is 18.7. The minimum atomic E-state index is -1.23. The van der Waals surface area contributed by atoms with Crippen LogP contribution in [-0.4, -0.2) is 51.0 Å². The van der Waals surface area contributed by atoms with Gasteiger partial charge in [0.05, 0.1) is 23.2 Å². The Morgan fingerprint density at radius 1 is 1.42 bits per heavy atom. The number of hydrogen-bond donors (Lipinski definition) is 0. The topological polar surface area (TPSA) is 93.9 Å². The van der Waals surface area contributed by atoms with Crippen molar-refractivity contribution in [3.63, 3.8) is 0 Å². The molecule has 3 rings (SSSR count). The maximum atomic E-state index is 12.5. The number of likely N-dealkylation sites (tertiary alicyclic amines) is 1. The normalized spacial score (nSPS) is 22.3. The number of nitrogens with zero attached hydrogens (tertiary/aromatic N) is 2. The van der Waals surface area contributed by atoms with Gasteiger partial charge in [-0.05, 0) is 31.4 Å². The average molecular weight is 393 g/mol. The van der Waals surface area contributed by atoms with Crippen molar-refractivity contribution in [3.8, 4) is 0 Å². The maximum Gasteiger partial charge on any atom is 0.266 e. The number of carboxylic acid groups (broad SMARTS) is 1. The molecule has 0 N–H and O–H groups in total. The van der Waals surface area contributed by atoms with Crippen LogP contribution in [0.1, 0.15) is 31.4 Å². The van der Waals surface area contributed by atoms with Crippen LogP contribution in [0, 0.1) is 0 Å². The predicted octanol–water partition coefficient (Wildman–Crippen LogP) is 1.00. The van der Waals surface area contributed by atoms with E-state index in [1.807, 2.05) is 0 Å². The Hall–Kier alpha value is -2.13. The van der Waals surface area contributed by atoms with E-state index in [0.717, 1.165) is 24.6 Å². The summed E-state index contributed by atoms with van der Waals surface area (Å²) in [6, 6.07) is 2.56. The standard InChI is InChI=1S/C17H18N2O5S2/c20-14(18-7-2-1-5-12(18)16(22)23)6-8-19-15(21)13(26-17(19)25)10-11-4-3-9-24-11/h3-4,9-10,12H,1-2,5-8H2,(H,22,23)/p-1/b13-10-/t12-/m1/s1. The van der Waals surface area contributed by atoms with Crippen LogP contribution in [0.4, 0.5) is 0 Å². The van der Waals surface area contributed by atoms with Crippen molar-refractivity contribution in [3.05, 3.63) is 29.1 Å². The number of aliphatic carboxylic acids is 1. The van der Waals surface area contributed by atoms with Gasteiger partial charge >= 0.3 is 0 Å². The third kappa shape index (κ3) is 3.99. The summed E-state index contributed by atoms with van der Waals surface area (Å²) < 4.78 is 5.57. The van der Waals surface area contributed by atoms with E-state index in [0.29, 0.717) is 28.0 Å². The number of piperidine rings is 1. The number of carboxylic acids is 1. The van der Waals surface area contributed by atoms with Gasteiger partial charge in [-0.3, -0.25) is 14.5 Å². The molecular weight excluding hydrogens is 376 g/mol. The lowest BCUT2D eigenvalue weighted by atomic mass is 10.0. The Kier molecular flexibility index (Phi) is 5.77. The van der Waals surface area contributed by atoms with Crippen LogP contribution >= 0.6 is 24.0 Å². The van der Waals surface area contributed by atoms with E-state index in [1.165, 1.54) is 16.1 Å².